The summed E-state index contributed by atoms with van der Waals surface area (Å²) in [6.07, 6.45) is 5.21. The monoisotopic (exact) mass is 395 g/mol. The van der Waals surface area contributed by atoms with Crippen LogP contribution in [0.5, 0.6) is 0 Å². The van der Waals surface area contributed by atoms with Gasteiger partial charge in [-0.05, 0) is 44.0 Å². The number of anilines is 2. The van der Waals surface area contributed by atoms with Crippen molar-refractivity contribution in [3.05, 3.63) is 59.5 Å². The van der Waals surface area contributed by atoms with Crippen LogP contribution in [0.3, 0.4) is 0 Å². The molecule has 1 fully saturated rings. The van der Waals surface area contributed by atoms with E-state index in [9.17, 15) is 4.79 Å². The Hall–Kier alpha value is -2.86. The molecular formula is C21H22ClN5O. The molecule has 2 aromatic heterocycles. The molecule has 3 heterocycles. The van der Waals surface area contributed by atoms with Crippen LogP contribution in [0.15, 0.2) is 48.8 Å². The van der Waals surface area contributed by atoms with Gasteiger partial charge in [-0.2, -0.15) is 0 Å². The Morgan fingerprint density at radius 1 is 1.07 bits per heavy atom. The average molecular weight is 396 g/mol. The normalized spacial score (nSPS) is 14.9. The molecule has 6 nitrogen and oxygen atoms in total. The quantitative estimate of drug-likeness (QED) is 0.690. The number of aromatic nitrogens is 2. The lowest BCUT2D eigenvalue weighted by atomic mass is 10.1. The molecule has 1 aromatic carbocycles. The number of amides is 2. The van der Waals surface area contributed by atoms with E-state index in [2.05, 4.69) is 25.5 Å². The number of urea groups is 1. The minimum atomic E-state index is -0.184. The highest BCUT2D eigenvalue weighted by molar-refractivity contribution is 6.32. The van der Waals surface area contributed by atoms with Crippen molar-refractivity contribution in [3.8, 4) is 0 Å². The first kappa shape index (κ1) is 18.5. The average Bonchev–Trinajstić information content (AvgIpc) is 2.70. The van der Waals surface area contributed by atoms with Crippen molar-refractivity contribution in [3.63, 3.8) is 0 Å². The second-order valence-electron chi connectivity index (χ2n) is 6.97. The highest BCUT2D eigenvalue weighted by atomic mass is 35.5. The van der Waals surface area contributed by atoms with Crippen LogP contribution in [0.2, 0.25) is 5.02 Å². The van der Waals surface area contributed by atoms with Gasteiger partial charge in [0.25, 0.3) is 0 Å². The topological polar surface area (TPSA) is 70.2 Å². The predicted octanol–water partition coefficient (Wildman–Crippen LogP) is 4.38. The minimum absolute atomic E-state index is 0.122. The number of benzene rings is 1. The van der Waals surface area contributed by atoms with Gasteiger partial charge in [0.05, 0.1) is 10.7 Å². The molecule has 2 amide bonds. The van der Waals surface area contributed by atoms with Crippen LogP contribution in [0.25, 0.3) is 10.8 Å². The number of aryl methyl sites for hydroxylation is 1. The van der Waals surface area contributed by atoms with Crippen LogP contribution in [-0.4, -0.2) is 35.1 Å². The van der Waals surface area contributed by atoms with E-state index < -0.39 is 0 Å². The van der Waals surface area contributed by atoms with Gasteiger partial charge < -0.3 is 15.5 Å². The number of hydrogen-bond donors (Lipinski definition) is 2. The molecule has 0 unspecified atom stereocenters. The summed E-state index contributed by atoms with van der Waals surface area (Å²) in [5.74, 6) is 0.812. The summed E-state index contributed by atoms with van der Waals surface area (Å²) >= 11 is 6.24. The molecule has 0 radical (unpaired) electrons. The van der Waals surface area contributed by atoms with Crippen molar-refractivity contribution < 1.29 is 4.79 Å². The Morgan fingerprint density at radius 2 is 1.89 bits per heavy atom. The van der Waals surface area contributed by atoms with Gasteiger partial charge in [-0.25, -0.2) is 9.78 Å². The van der Waals surface area contributed by atoms with Gasteiger partial charge in [0.1, 0.15) is 5.82 Å². The molecule has 0 spiro atoms. The van der Waals surface area contributed by atoms with E-state index >= 15 is 0 Å². The summed E-state index contributed by atoms with van der Waals surface area (Å²) in [5, 5.41) is 8.77. The maximum atomic E-state index is 12.5. The lowest BCUT2D eigenvalue weighted by molar-refractivity contribution is 0.246. The first-order chi connectivity index (χ1) is 13.6. The third-order valence-corrected chi connectivity index (χ3v) is 5.42. The number of carbonyl (C=O) groups excluding carboxylic acids is 1. The lowest BCUT2D eigenvalue weighted by Crippen LogP contribution is -2.46. The van der Waals surface area contributed by atoms with Crippen molar-refractivity contribution in [2.45, 2.75) is 25.8 Å². The fourth-order valence-electron chi connectivity index (χ4n) is 3.65. The summed E-state index contributed by atoms with van der Waals surface area (Å²) in [6, 6.07) is 11.4. The minimum Gasteiger partial charge on any atom is -0.355 e. The van der Waals surface area contributed by atoms with Crippen LogP contribution in [-0.2, 0) is 0 Å². The maximum absolute atomic E-state index is 12.5. The van der Waals surface area contributed by atoms with E-state index in [1.807, 2.05) is 43.3 Å². The number of nitrogens with zero attached hydrogens (tertiary/aromatic N) is 3. The molecule has 0 bridgehead atoms. The molecule has 144 valence electrons. The Morgan fingerprint density at radius 3 is 2.68 bits per heavy atom. The SMILES string of the molecule is Cc1nccc2c(NC(=O)NC3CCN(c4ncccc4Cl)CC3)cccc12. The molecular weight excluding hydrogens is 374 g/mol. The molecule has 7 heteroatoms. The molecule has 3 aromatic rings. The van der Waals surface area contributed by atoms with Crippen LogP contribution >= 0.6 is 11.6 Å². The first-order valence-corrected chi connectivity index (χ1v) is 9.77. The smallest absolute Gasteiger partial charge is 0.319 e. The largest absolute Gasteiger partial charge is 0.355 e. The fourth-order valence-corrected chi connectivity index (χ4v) is 3.89. The van der Waals surface area contributed by atoms with Gasteiger partial charge in [-0.15, -0.1) is 0 Å². The molecule has 0 aliphatic carbocycles. The van der Waals surface area contributed by atoms with Crippen molar-refractivity contribution in [2.24, 2.45) is 0 Å². The molecule has 4 rings (SSSR count). The van der Waals surface area contributed by atoms with Crippen molar-refractivity contribution in [1.82, 2.24) is 15.3 Å². The number of piperidine rings is 1. The zero-order valence-corrected chi connectivity index (χ0v) is 16.4. The van der Waals surface area contributed by atoms with Crippen molar-refractivity contribution in [2.75, 3.05) is 23.3 Å². The molecule has 1 aliphatic rings. The van der Waals surface area contributed by atoms with E-state index in [1.54, 1.807) is 12.4 Å². The van der Waals surface area contributed by atoms with Crippen LogP contribution < -0.4 is 15.5 Å². The Bertz CT molecular complexity index is 1000. The standard InChI is InChI=1S/C21H22ClN5O/c1-14-16-4-2-6-19(17(16)7-11-23-14)26-21(28)25-15-8-12-27(13-9-15)20-18(22)5-3-10-24-20/h2-7,10-11,15H,8-9,12-13H2,1H3,(H2,25,26,28). The third-order valence-electron chi connectivity index (χ3n) is 5.12. The Kier molecular flexibility index (Phi) is 5.30. The van der Waals surface area contributed by atoms with Crippen LogP contribution in [0.4, 0.5) is 16.3 Å². The van der Waals surface area contributed by atoms with E-state index in [0.717, 1.165) is 53.9 Å². The van der Waals surface area contributed by atoms with E-state index in [0.29, 0.717) is 5.02 Å². The highest BCUT2D eigenvalue weighted by Gasteiger charge is 2.23. The number of hydrogen-bond acceptors (Lipinski definition) is 4. The zero-order valence-electron chi connectivity index (χ0n) is 15.7. The van der Waals surface area contributed by atoms with Crippen LogP contribution in [0.1, 0.15) is 18.5 Å². The number of fused-ring (bicyclic) bond motifs is 1. The summed E-state index contributed by atoms with van der Waals surface area (Å²) in [6.45, 7) is 3.58. The van der Waals surface area contributed by atoms with Gasteiger partial charge >= 0.3 is 6.03 Å². The summed E-state index contributed by atoms with van der Waals surface area (Å²) in [4.78, 5) is 23.4. The summed E-state index contributed by atoms with van der Waals surface area (Å²) in [5.41, 5.74) is 1.74. The van der Waals surface area contributed by atoms with Gasteiger partial charge in [-0.3, -0.25) is 4.98 Å². The molecule has 1 saturated heterocycles. The van der Waals surface area contributed by atoms with Crippen LogP contribution in [0, 0.1) is 6.92 Å². The molecule has 1 aliphatic heterocycles. The van der Waals surface area contributed by atoms with Gasteiger partial charge in [0, 0.05) is 48.0 Å². The van der Waals surface area contributed by atoms with E-state index in [1.165, 1.54) is 0 Å². The number of nitrogens with one attached hydrogen (secondary N) is 2. The number of rotatable bonds is 3. The van der Waals surface area contributed by atoms with E-state index in [4.69, 9.17) is 11.6 Å². The molecule has 2 N–H and O–H groups in total. The second-order valence-corrected chi connectivity index (χ2v) is 7.37. The third kappa shape index (κ3) is 3.87. The highest BCUT2D eigenvalue weighted by Crippen LogP contribution is 2.26. The van der Waals surface area contributed by atoms with Crippen molar-refractivity contribution >= 4 is 39.9 Å². The van der Waals surface area contributed by atoms with Gasteiger partial charge in [-0.1, -0.05) is 23.7 Å². The zero-order chi connectivity index (χ0) is 19.5. The summed E-state index contributed by atoms with van der Waals surface area (Å²) in [7, 11) is 0. The van der Waals surface area contributed by atoms with E-state index in [-0.39, 0.29) is 12.1 Å². The van der Waals surface area contributed by atoms with Gasteiger partial charge in [0.2, 0.25) is 0 Å². The van der Waals surface area contributed by atoms with Gasteiger partial charge in [0.15, 0.2) is 0 Å². The fraction of sp³-hybridized carbons (Fsp3) is 0.286. The maximum Gasteiger partial charge on any atom is 0.319 e. The first-order valence-electron chi connectivity index (χ1n) is 9.39. The number of carbonyl (C=O) groups is 1. The lowest BCUT2D eigenvalue weighted by Gasteiger charge is -2.33. The Balaban J connectivity index is 1.37. The predicted molar refractivity (Wildman–Crippen MR) is 113 cm³/mol. The second kappa shape index (κ2) is 8.02. The number of halogens is 1. The Labute approximate surface area is 168 Å². The molecule has 0 saturated carbocycles. The van der Waals surface area contributed by atoms with Crippen molar-refractivity contribution in [1.29, 1.82) is 0 Å². The number of pyridine rings is 2. The molecule has 0 atom stereocenters. The molecule has 28 heavy (non-hydrogen) atoms. The summed E-state index contributed by atoms with van der Waals surface area (Å²) < 4.78 is 0.